The highest BCUT2D eigenvalue weighted by atomic mass is 19.4. The van der Waals surface area contributed by atoms with E-state index in [1.807, 2.05) is 4.90 Å². The number of carbonyl (C=O) groups is 1. The number of carbonyl (C=O) groups excluding carboxylic acids is 1. The number of piperazine rings is 1. The Morgan fingerprint density at radius 2 is 1.62 bits per heavy atom. The molecule has 2 unspecified atom stereocenters. The average molecular weight is 402 g/mol. The van der Waals surface area contributed by atoms with Gasteiger partial charge in [0.2, 0.25) is 5.91 Å². The maximum atomic E-state index is 12.9. The molecule has 1 heterocycles. The molecule has 0 N–H and O–H groups in total. The van der Waals surface area contributed by atoms with Crippen LogP contribution in [0.2, 0.25) is 0 Å². The Morgan fingerprint density at radius 1 is 0.966 bits per heavy atom. The molecule has 1 aliphatic carbocycles. The van der Waals surface area contributed by atoms with Gasteiger partial charge in [-0.2, -0.15) is 13.2 Å². The van der Waals surface area contributed by atoms with Crippen LogP contribution in [0, 0.1) is 19.8 Å². The molecule has 6 heteroatoms. The Labute approximate surface area is 169 Å². The fraction of sp³-hybridized carbons (Fsp3) is 0.435. The number of anilines is 1. The fourth-order valence-corrected chi connectivity index (χ4v) is 4.24. The molecule has 1 saturated carbocycles. The number of amides is 1. The van der Waals surface area contributed by atoms with Crippen LogP contribution in [0.5, 0.6) is 0 Å². The summed E-state index contributed by atoms with van der Waals surface area (Å²) in [6, 6.07) is 11.5. The van der Waals surface area contributed by atoms with E-state index in [1.165, 1.54) is 28.9 Å². The Hall–Kier alpha value is -2.50. The fourth-order valence-electron chi connectivity index (χ4n) is 4.24. The molecule has 154 valence electrons. The second kappa shape index (κ2) is 7.39. The minimum absolute atomic E-state index is 0.0434. The highest BCUT2D eigenvalue weighted by Crippen LogP contribution is 2.49. The lowest BCUT2D eigenvalue weighted by Gasteiger charge is -2.37. The van der Waals surface area contributed by atoms with Crippen molar-refractivity contribution in [2.24, 2.45) is 5.92 Å². The molecule has 0 aromatic heterocycles. The number of benzene rings is 2. The summed E-state index contributed by atoms with van der Waals surface area (Å²) in [6.45, 7) is 7.19. The van der Waals surface area contributed by atoms with Crippen LogP contribution in [-0.2, 0) is 11.0 Å². The Bertz CT molecular complexity index is 899. The van der Waals surface area contributed by atoms with Gasteiger partial charge in [0, 0.05) is 37.8 Å². The van der Waals surface area contributed by atoms with E-state index >= 15 is 0 Å². The van der Waals surface area contributed by atoms with Gasteiger partial charge in [-0.1, -0.05) is 24.3 Å². The molecule has 1 saturated heterocycles. The van der Waals surface area contributed by atoms with E-state index in [0.717, 1.165) is 37.2 Å². The average Bonchev–Trinajstić information content (AvgIpc) is 3.50. The molecule has 0 radical (unpaired) electrons. The molecular formula is C23H25F3N2O. The van der Waals surface area contributed by atoms with Gasteiger partial charge in [0.1, 0.15) is 0 Å². The molecule has 29 heavy (non-hydrogen) atoms. The number of aryl methyl sites for hydroxylation is 1. The van der Waals surface area contributed by atoms with Crippen molar-refractivity contribution in [1.82, 2.24) is 4.90 Å². The van der Waals surface area contributed by atoms with Crippen molar-refractivity contribution in [2.45, 2.75) is 32.4 Å². The minimum atomic E-state index is -4.33. The molecule has 3 nitrogen and oxygen atoms in total. The molecular weight excluding hydrogens is 377 g/mol. The quantitative estimate of drug-likeness (QED) is 0.738. The summed E-state index contributed by atoms with van der Waals surface area (Å²) in [5.74, 6) is 0.0799. The van der Waals surface area contributed by atoms with Gasteiger partial charge in [-0.15, -0.1) is 0 Å². The monoisotopic (exact) mass is 402 g/mol. The lowest BCUT2D eigenvalue weighted by atomic mass is 10.1. The largest absolute Gasteiger partial charge is 0.416 e. The predicted octanol–water partition coefficient (Wildman–Crippen LogP) is 4.77. The van der Waals surface area contributed by atoms with Crippen LogP contribution in [0.4, 0.5) is 18.9 Å². The van der Waals surface area contributed by atoms with Crippen molar-refractivity contribution in [1.29, 1.82) is 0 Å². The smallest absolute Gasteiger partial charge is 0.368 e. The first kappa shape index (κ1) is 19.8. The lowest BCUT2D eigenvalue weighted by Crippen LogP contribution is -2.49. The molecule has 0 spiro atoms. The number of hydrogen-bond acceptors (Lipinski definition) is 2. The Morgan fingerprint density at radius 3 is 2.24 bits per heavy atom. The molecule has 1 aliphatic heterocycles. The predicted molar refractivity (Wildman–Crippen MR) is 107 cm³/mol. The maximum absolute atomic E-state index is 12.9. The van der Waals surface area contributed by atoms with Gasteiger partial charge in [0.15, 0.2) is 0 Å². The number of halogens is 3. The summed E-state index contributed by atoms with van der Waals surface area (Å²) in [6.07, 6.45) is -3.60. The lowest BCUT2D eigenvalue weighted by molar-refractivity contribution is -0.137. The Balaban J connectivity index is 1.34. The molecule has 1 amide bonds. The molecule has 0 bridgehead atoms. The van der Waals surface area contributed by atoms with Gasteiger partial charge in [-0.05, 0) is 61.1 Å². The van der Waals surface area contributed by atoms with Crippen molar-refractivity contribution in [3.05, 3.63) is 64.7 Å². The van der Waals surface area contributed by atoms with Crippen LogP contribution in [0.15, 0.2) is 42.5 Å². The standard InChI is InChI=1S/C23H25F3N2O/c1-15-4-3-5-21(16(15)2)27-10-12-28(13-11-27)22(29)20-14-19(20)17-6-8-18(9-7-17)23(24,25)26/h3-9,19-20H,10-14H2,1-2H3. The summed E-state index contributed by atoms with van der Waals surface area (Å²) in [5.41, 5.74) is 3.94. The van der Waals surface area contributed by atoms with Crippen LogP contribution in [0.1, 0.15) is 34.6 Å². The molecule has 2 atom stereocenters. The van der Waals surface area contributed by atoms with E-state index in [4.69, 9.17) is 0 Å². The SMILES string of the molecule is Cc1cccc(N2CCN(C(=O)C3CC3c3ccc(C(F)(F)F)cc3)CC2)c1C. The zero-order chi connectivity index (χ0) is 20.8. The maximum Gasteiger partial charge on any atom is 0.416 e. The number of nitrogens with zero attached hydrogens (tertiary/aromatic N) is 2. The highest BCUT2D eigenvalue weighted by Gasteiger charge is 2.46. The van der Waals surface area contributed by atoms with E-state index in [9.17, 15) is 18.0 Å². The molecule has 4 rings (SSSR count). The summed E-state index contributed by atoms with van der Waals surface area (Å²) in [5, 5.41) is 0. The van der Waals surface area contributed by atoms with Crippen molar-refractivity contribution in [2.75, 3.05) is 31.1 Å². The second-order valence-electron chi connectivity index (χ2n) is 8.10. The van der Waals surface area contributed by atoms with E-state index in [0.29, 0.717) is 13.1 Å². The number of alkyl halides is 3. The molecule has 2 aliphatic rings. The molecule has 2 aromatic rings. The normalized spacial score (nSPS) is 22.0. The van der Waals surface area contributed by atoms with Gasteiger partial charge in [-0.3, -0.25) is 4.79 Å². The number of rotatable bonds is 3. The van der Waals surface area contributed by atoms with Crippen LogP contribution >= 0.6 is 0 Å². The van der Waals surface area contributed by atoms with Crippen molar-refractivity contribution in [3.63, 3.8) is 0 Å². The van der Waals surface area contributed by atoms with Gasteiger partial charge in [-0.25, -0.2) is 0 Å². The third-order valence-electron chi connectivity index (χ3n) is 6.28. The minimum Gasteiger partial charge on any atom is -0.368 e. The summed E-state index contributed by atoms with van der Waals surface area (Å²) in [7, 11) is 0. The van der Waals surface area contributed by atoms with Crippen LogP contribution in [-0.4, -0.2) is 37.0 Å². The van der Waals surface area contributed by atoms with Crippen molar-refractivity contribution >= 4 is 11.6 Å². The van der Waals surface area contributed by atoms with E-state index in [-0.39, 0.29) is 17.7 Å². The summed E-state index contributed by atoms with van der Waals surface area (Å²) >= 11 is 0. The van der Waals surface area contributed by atoms with E-state index < -0.39 is 11.7 Å². The molecule has 2 aromatic carbocycles. The van der Waals surface area contributed by atoms with Crippen molar-refractivity contribution in [3.8, 4) is 0 Å². The Kier molecular flexibility index (Phi) is 5.05. The van der Waals surface area contributed by atoms with Gasteiger partial charge >= 0.3 is 6.18 Å². The molecule has 2 fully saturated rings. The highest BCUT2D eigenvalue weighted by molar-refractivity contribution is 5.83. The summed E-state index contributed by atoms with van der Waals surface area (Å²) in [4.78, 5) is 17.1. The third kappa shape index (κ3) is 3.98. The van der Waals surface area contributed by atoms with Crippen molar-refractivity contribution < 1.29 is 18.0 Å². The van der Waals surface area contributed by atoms with E-state index in [2.05, 4.69) is 36.9 Å². The van der Waals surface area contributed by atoms with Crippen LogP contribution in [0.3, 0.4) is 0 Å². The third-order valence-corrected chi connectivity index (χ3v) is 6.28. The first-order valence-corrected chi connectivity index (χ1v) is 10.0. The first-order valence-electron chi connectivity index (χ1n) is 10.0. The zero-order valence-electron chi connectivity index (χ0n) is 16.7. The van der Waals surface area contributed by atoms with Gasteiger partial charge in [0.05, 0.1) is 5.56 Å². The topological polar surface area (TPSA) is 23.6 Å². The van der Waals surface area contributed by atoms with E-state index in [1.54, 1.807) is 0 Å². The second-order valence-corrected chi connectivity index (χ2v) is 8.10. The first-order chi connectivity index (χ1) is 13.8. The number of hydrogen-bond donors (Lipinski definition) is 0. The zero-order valence-corrected chi connectivity index (χ0v) is 16.7. The van der Waals surface area contributed by atoms with Gasteiger partial charge < -0.3 is 9.80 Å². The van der Waals surface area contributed by atoms with Crippen LogP contribution < -0.4 is 4.90 Å². The van der Waals surface area contributed by atoms with Gasteiger partial charge in [0.25, 0.3) is 0 Å². The summed E-state index contributed by atoms with van der Waals surface area (Å²) < 4.78 is 38.2. The van der Waals surface area contributed by atoms with Crippen LogP contribution in [0.25, 0.3) is 0 Å².